The molecule has 0 atom stereocenters. The topological polar surface area (TPSA) is 0 Å². The van der Waals surface area contributed by atoms with Crippen molar-refractivity contribution in [2.75, 3.05) is 0 Å². The molecule has 0 bridgehead atoms. The van der Waals surface area contributed by atoms with Crippen LogP contribution in [0.1, 0.15) is 0 Å². The first kappa shape index (κ1) is 33.6. The molecule has 0 saturated heterocycles. The Morgan fingerprint density at radius 2 is 0.345 bits per heavy atom. The molecule has 11 aromatic rings. The van der Waals surface area contributed by atoms with Gasteiger partial charge in [-0.15, -0.1) is 63.1 Å². The Morgan fingerprint density at radius 3 is 0.491 bits per heavy atom. The smallest absolute Gasteiger partial charge is 0.00404 e. The van der Waals surface area contributed by atoms with Gasteiger partial charge >= 0.3 is 0 Å². The van der Waals surface area contributed by atoms with E-state index in [1.165, 1.54) is 81.7 Å². The lowest BCUT2D eigenvalue weighted by Crippen LogP contribution is -1.90. The second-order valence-corrected chi connectivity index (χ2v) is 17.0. The Labute approximate surface area is 346 Å². The molecular weight excluding hydrogens is 761 g/mol. The highest BCUT2D eigenvalue weighted by Crippen LogP contribution is 2.57. The predicted molar refractivity (Wildman–Crippen MR) is 251 cm³/mol. The zero-order chi connectivity index (χ0) is 37.1. The van der Waals surface area contributed by atoms with Crippen LogP contribution in [0.25, 0.3) is 109 Å². The summed E-state index contributed by atoms with van der Waals surface area (Å²) in [7, 11) is 0. The number of hydrogen-bond donors (Lipinski definition) is 5. The molecule has 0 aliphatic rings. The molecule has 0 aliphatic heterocycles. The first-order valence-electron chi connectivity index (χ1n) is 18.1. The summed E-state index contributed by atoms with van der Waals surface area (Å²) in [6, 6.07) is 55.1. The Morgan fingerprint density at radius 1 is 0.200 bits per heavy atom. The largest absolute Gasteiger partial charge is 0.143 e. The SMILES string of the molecule is Sc1ccc(-c2cc3c(-c4ccc(S)cc4)cc4c(-c5ccc(S)cc5)cc5c(-c6ccc(S)cc6)cc6c(-c7ccc(S)cc7)cc2c2c6c5c4c32)cc1. The summed E-state index contributed by atoms with van der Waals surface area (Å²) in [6.45, 7) is 0. The van der Waals surface area contributed by atoms with Crippen molar-refractivity contribution in [1.29, 1.82) is 0 Å². The van der Waals surface area contributed by atoms with Gasteiger partial charge in [-0.1, -0.05) is 60.7 Å². The van der Waals surface area contributed by atoms with Crippen molar-refractivity contribution < 1.29 is 0 Å². The fourth-order valence-corrected chi connectivity index (χ4v) is 9.65. The maximum Gasteiger partial charge on any atom is 0.00404 e. The van der Waals surface area contributed by atoms with Crippen LogP contribution in [-0.4, -0.2) is 0 Å². The van der Waals surface area contributed by atoms with Crippen LogP contribution in [0.15, 0.2) is 176 Å². The summed E-state index contributed by atoms with van der Waals surface area (Å²) in [6.07, 6.45) is 0. The van der Waals surface area contributed by atoms with E-state index in [4.69, 9.17) is 0 Å². The summed E-state index contributed by atoms with van der Waals surface area (Å²) < 4.78 is 0. The zero-order valence-electron chi connectivity index (χ0n) is 29.2. The van der Waals surface area contributed by atoms with E-state index in [1.54, 1.807) is 0 Å². The van der Waals surface area contributed by atoms with E-state index in [9.17, 15) is 0 Å². The molecule has 11 aromatic carbocycles. The fourth-order valence-electron chi connectivity index (χ4n) is 8.90. The van der Waals surface area contributed by atoms with Crippen molar-refractivity contribution in [2.45, 2.75) is 24.5 Å². The second kappa shape index (κ2) is 12.6. The van der Waals surface area contributed by atoms with Gasteiger partial charge in [-0.05, 0) is 200 Å². The fraction of sp³-hybridized carbons (Fsp3) is 0. The lowest BCUT2D eigenvalue weighted by Gasteiger charge is -2.17. The van der Waals surface area contributed by atoms with Crippen LogP contribution in [0.2, 0.25) is 0 Å². The minimum Gasteiger partial charge on any atom is -0.143 e. The Bertz CT molecular complexity index is 2700. The molecule has 0 aliphatic carbocycles. The lowest BCUT2D eigenvalue weighted by molar-refractivity contribution is 1.47. The van der Waals surface area contributed by atoms with Crippen molar-refractivity contribution in [3.63, 3.8) is 0 Å². The number of rotatable bonds is 5. The summed E-state index contributed by atoms with van der Waals surface area (Å²) in [5.74, 6) is 0. The van der Waals surface area contributed by atoms with Gasteiger partial charge in [0.05, 0.1) is 0 Å². The average Bonchev–Trinajstić information content (AvgIpc) is 3.57. The molecule has 0 saturated carbocycles. The predicted octanol–water partition coefficient (Wildman–Crippen LogP) is 15.5. The second-order valence-electron chi connectivity index (χ2n) is 14.5. The first-order valence-corrected chi connectivity index (χ1v) is 20.3. The molecule has 0 amide bonds. The maximum absolute atomic E-state index is 4.67. The van der Waals surface area contributed by atoms with E-state index in [0.717, 1.165) is 52.3 Å². The third-order valence-electron chi connectivity index (χ3n) is 11.4. The van der Waals surface area contributed by atoms with Crippen molar-refractivity contribution in [1.82, 2.24) is 0 Å². The Kier molecular flexibility index (Phi) is 7.72. The van der Waals surface area contributed by atoms with E-state index in [1.807, 2.05) is 0 Å². The molecule has 55 heavy (non-hydrogen) atoms. The Balaban J connectivity index is 1.42. The normalized spacial score (nSPS) is 12.1. The summed E-state index contributed by atoms with van der Waals surface area (Å²) >= 11 is 23.3. The summed E-state index contributed by atoms with van der Waals surface area (Å²) in [5.41, 5.74) is 11.8. The molecule has 0 unspecified atom stereocenters. The van der Waals surface area contributed by atoms with Crippen LogP contribution in [0, 0.1) is 0 Å². The third kappa shape index (κ3) is 5.21. The highest BCUT2D eigenvalue weighted by molar-refractivity contribution is 7.81. The molecule has 0 heterocycles. The first-order chi connectivity index (χ1) is 26.8. The molecule has 0 fully saturated rings. The monoisotopic (exact) mass is 790 g/mol. The molecule has 0 spiro atoms. The summed E-state index contributed by atoms with van der Waals surface area (Å²) in [4.78, 5) is 4.71. The summed E-state index contributed by atoms with van der Waals surface area (Å²) in [5, 5.41) is 12.8. The van der Waals surface area contributed by atoms with Gasteiger partial charge in [0.25, 0.3) is 0 Å². The zero-order valence-corrected chi connectivity index (χ0v) is 33.6. The molecule has 0 radical (unpaired) electrons. The van der Waals surface area contributed by atoms with Gasteiger partial charge < -0.3 is 0 Å². The van der Waals surface area contributed by atoms with Crippen LogP contribution < -0.4 is 0 Å². The van der Waals surface area contributed by atoms with E-state index < -0.39 is 0 Å². The van der Waals surface area contributed by atoms with Crippen molar-refractivity contribution in [3.05, 3.63) is 152 Å². The standard InChI is InChI=1S/C50H30S5/c51-31-11-1-26(2-12-31)36-21-42-38(28-5-15-33(53)16-6-28)23-44-40(30-9-19-35(55)20-10-30)25-45-39(29-7-17-34(54)18-8-29)24-43-37(27-3-13-32(52)14-4-27)22-41(36)46-47(42)49(44)50(45)48(43)46/h1-25,51-55H. The van der Waals surface area contributed by atoms with Gasteiger partial charge in [0, 0.05) is 24.5 Å². The van der Waals surface area contributed by atoms with Crippen molar-refractivity contribution in [3.8, 4) is 55.6 Å². The Hall–Kier alpha value is -4.75. The van der Waals surface area contributed by atoms with Crippen LogP contribution >= 0.6 is 63.1 Å². The minimum absolute atomic E-state index is 0.941. The maximum atomic E-state index is 4.67. The average molecular weight is 791 g/mol. The van der Waals surface area contributed by atoms with Gasteiger partial charge in [-0.25, -0.2) is 0 Å². The van der Waals surface area contributed by atoms with Crippen LogP contribution in [0.3, 0.4) is 0 Å². The van der Waals surface area contributed by atoms with Crippen LogP contribution in [0.4, 0.5) is 0 Å². The van der Waals surface area contributed by atoms with E-state index >= 15 is 0 Å². The number of benzene rings is 10. The highest BCUT2D eigenvalue weighted by Gasteiger charge is 2.29. The van der Waals surface area contributed by atoms with Gasteiger partial charge in [0.1, 0.15) is 0 Å². The lowest BCUT2D eigenvalue weighted by atomic mass is 9.86. The van der Waals surface area contributed by atoms with E-state index in [2.05, 4.69) is 215 Å². The van der Waals surface area contributed by atoms with Crippen LogP contribution in [-0.2, 0) is 0 Å². The minimum atomic E-state index is 0.941. The molecule has 0 nitrogen and oxygen atoms in total. The van der Waals surface area contributed by atoms with E-state index in [0.29, 0.717) is 0 Å². The highest BCUT2D eigenvalue weighted by atomic mass is 32.1. The quantitative estimate of drug-likeness (QED) is 0.0832. The van der Waals surface area contributed by atoms with Crippen molar-refractivity contribution in [2.24, 2.45) is 0 Å². The molecule has 0 N–H and O–H groups in total. The van der Waals surface area contributed by atoms with Crippen LogP contribution in [0.5, 0.6) is 0 Å². The van der Waals surface area contributed by atoms with Gasteiger partial charge in [0.15, 0.2) is 0 Å². The molecule has 260 valence electrons. The molecule has 0 aromatic heterocycles. The van der Waals surface area contributed by atoms with Crippen molar-refractivity contribution >= 4 is 117 Å². The van der Waals surface area contributed by atoms with Gasteiger partial charge in [-0.2, -0.15) is 0 Å². The number of hydrogen-bond acceptors (Lipinski definition) is 5. The third-order valence-corrected chi connectivity index (χ3v) is 12.9. The van der Waals surface area contributed by atoms with E-state index in [-0.39, 0.29) is 0 Å². The number of thiol groups is 5. The molecule has 5 heteroatoms. The molecular formula is C50H30S5. The van der Waals surface area contributed by atoms with Gasteiger partial charge in [-0.3, -0.25) is 0 Å². The van der Waals surface area contributed by atoms with Gasteiger partial charge in [0.2, 0.25) is 0 Å². The molecule has 11 rings (SSSR count).